The Bertz CT molecular complexity index is 1260. The summed E-state index contributed by atoms with van der Waals surface area (Å²) in [6, 6.07) is 16.7. The molecular weight excluding hydrogens is 459 g/mol. The highest BCUT2D eigenvalue weighted by Crippen LogP contribution is 2.35. The SMILES string of the molecule is COc1cc(C2NC(=O)NC(C)=C2C(=O)c2ccc(Cl)cc2)ccc1OCc1ccc(F)cc1. The molecule has 0 aliphatic carbocycles. The Morgan fingerprint density at radius 1 is 1.03 bits per heavy atom. The van der Waals surface area contributed by atoms with E-state index < -0.39 is 12.1 Å². The number of methoxy groups -OCH3 is 1. The average molecular weight is 481 g/mol. The molecule has 174 valence electrons. The van der Waals surface area contributed by atoms with Gasteiger partial charge in [0.1, 0.15) is 12.4 Å². The summed E-state index contributed by atoms with van der Waals surface area (Å²) in [5.74, 6) is 0.356. The van der Waals surface area contributed by atoms with Crippen LogP contribution >= 0.6 is 11.6 Å². The summed E-state index contributed by atoms with van der Waals surface area (Å²) in [7, 11) is 1.51. The molecule has 3 aromatic rings. The predicted octanol–water partition coefficient (Wildman–Crippen LogP) is 5.58. The summed E-state index contributed by atoms with van der Waals surface area (Å²) in [6.45, 7) is 1.91. The molecule has 1 unspecified atom stereocenters. The van der Waals surface area contributed by atoms with Crippen molar-refractivity contribution in [3.8, 4) is 11.5 Å². The maximum Gasteiger partial charge on any atom is 0.319 e. The quantitative estimate of drug-likeness (QED) is 0.433. The van der Waals surface area contributed by atoms with Gasteiger partial charge in [-0.15, -0.1) is 0 Å². The zero-order chi connectivity index (χ0) is 24.2. The Labute approximate surface area is 201 Å². The van der Waals surface area contributed by atoms with Crippen LogP contribution in [0, 0.1) is 5.82 Å². The second-order valence-corrected chi connectivity index (χ2v) is 8.17. The van der Waals surface area contributed by atoms with Gasteiger partial charge in [0.15, 0.2) is 17.3 Å². The van der Waals surface area contributed by atoms with E-state index in [0.29, 0.717) is 38.9 Å². The van der Waals surface area contributed by atoms with Crippen LogP contribution in [0.4, 0.5) is 9.18 Å². The van der Waals surface area contributed by atoms with Gasteiger partial charge in [-0.2, -0.15) is 0 Å². The largest absolute Gasteiger partial charge is 0.493 e. The molecule has 0 aromatic heterocycles. The average Bonchev–Trinajstić information content (AvgIpc) is 2.83. The molecule has 4 rings (SSSR count). The van der Waals surface area contributed by atoms with Crippen molar-refractivity contribution in [2.75, 3.05) is 7.11 Å². The molecule has 0 saturated carbocycles. The molecule has 1 atom stereocenters. The van der Waals surface area contributed by atoms with Crippen LogP contribution in [0.3, 0.4) is 0 Å². The third-order valence-corrected chi connectivity index (χ3v) is 5.70. The number of nitrogens with one attached hydrogen (secondary N) is 2. The van der Waals surface area contributed by atoms with Crippen LogP contribution in [0.15, 0.2) is 78.0 Å². The van der Waals surface area contributed by atoms with E-state index in [1.54, 1.807) is 61.5 Å². The van der Waals surface area contributed by atoms with Gasteiger partial charge in [0, 0.05) is 21.9 Å². The molecule has 0 radical (unpaired) electrons. The first-order chi connectivity index (χ1) is 16.4. The van der Waals surface area contributed by atoms with Gasteiger partial charge in [0.2, 0.25) is 0 Å². The molecule has 0 fully saturated rings. The fourth-order valence-electron chi connectivity index (χ4n) is 3.73. The predicted molar refractivity (Wildman–Crippen MR) is 127 cm³/mol. The molecule has 0 bridgehead atoms. The summed E-state index contributed by atoms with van der Waals surface area (Å²) in [6.07, 6.45) is 0. The van der Waals surface area contributed by atoms with E-state index in [4.69, 9.17) is 21.1 Å². The van der Waals surface area contributed by atoms with Gasteiger partial charge < -0.3 is 20.1 Å². The Kier molecular flexibility index (Phi) is 6.84. The third kappa shape index (κ3) is 5.05. The monoisotopic (exact) mass is 480 g/mol. The van der Waals surface area contributed by atoms with Gasteiger partial charge in [0.25, 0.3) is 0 Å². The Balaban J connectivity index is 1.63. The molecular formula is C26H22ClFN2O4. The topological polar surface area (TPSA) is 76.7 Å². The number of allylic oxidation sites excluding steroid dienone is 1. The molecule has 3 aromatic carbocycles. The molecule has 1 heterocycles. The van der Waals surface area contributed by atoms with E-state index in [1.807, 2.05) is 0 Å². The minimum Gasteiger partial charge on any atom is -0.493 e. The zero-order valence-corrected chi connectivity index (χ0v) is 19.3. The standard InChI is InChI=1S/C26H22ClFN2O4/c1-15-23(25(31)17-5-8-19(27)9-6-17)24(30-26(32)29-15)18-7-12-21(22(13-18)33-2)34-14-16-3-10-20(28)11-4-16/h3-13,24H,14H2,1-2H3,(H2,29,30,32). The Morgan fingerprint density at radius 2 is 1.74 bits per heavy atom. The zero-order valence-electron chi connectivity index (χ0n) is 18.5. The highest BCUT2D eigenvalue weighted by molar-refractivity contribution is 6.30. The van der Waals surface area contributed by atoms with Crippen LogP contribution in [-0.4, -0.2) is 18.9 Å². The van der Waals surface area contributed by atoms with Crippen molar-refractivity contribution in [2.24, 2.45) is 0 Å². The Hall–Kier alpha value is -3.84. The molecule has 8 heteroatoms. The van der Waals surface area contributed by atoms with E-state index in [1.165, 1.54) is 19.2 Å². The van der Waals surface area contributed by atoms with Crippen molar-refractivity contribution in [3.05, 3.63) is 106 Å². The maximum absolute atomic E-state index is 13.3. The smallest absolute Gasteiger partial charge is 0.319 e. The number of hydrogen-bond acceptors (Lipinski definition) is 4. The van der Waals surface area contributed by atoms with Gasteiger partial charge in [-0.1, -0.05) is 29.8 Å². The van der Waals surface area contributed by atoms with Crippen molar-refractivity contribution in [2.45, 2.75) is 19.6 Å². The molecule has 1 aliphatic heterocycles. The first-order valence-electron chi connectivity index (χ1n) is 10.5. The van der Waals surface area contributed by atoms with Gasteiger partial charge in [0.05, 0.1) is 13.2 Å². The molecule has 2 N–H and O–H groups in total. The number of ketones is 1. The molecule has 2 amide bonds. The van der Waals surface area contributed by atoms with Gasteiger partial charge in [-0.05, 0) is 66.6 Å². The number of carbonyl (C=O) groups excluding carboxylic acids is 2. The second kappa shape index (κ2) is 9.97. The fraction of sp³-hybridized carbons (Fsp3) is 0.154. The van der Waals surface area contributed by atoms with Crippen molar-refractivity contribution in [3.63, 3.8) is 0 Å². The van der Waals surface area contributed by atoms with E-state index in [-0.39, 0.29) is 18.2 Å². The van der Waals surface area contributed by atoms with Crippen LogP contribution in [-0.2, 0) is 6.61 Å². The van der Waals surface area contributed by atoms with E-state index in [0.717, 1.165) is 5.56 Å². The number of rotatable bonds is 7. The summed E-state index contributed by atoms with van der Waals surface area (Å²) in [4.78, 5) is 25.6. The minimum absolute atomic E-state index is 0.222. The van der Waals surface area contributed by atoms with Gasteiger partial charge >= 0.3 is 6.03 Å². The summed E-state index contributed by atoms with van der Waals surface area (Å²) in [5.41, 5.74) is 2.77. The first-order valence-corrected chi connectivity index (χ1v) is 10.9. The highest BCUT2D eigenvalue weighted by atomic mass is 35.5. The van der Waals surface area contributed by atoms with Crippen molar-refractivity contribution < 1.29 is 23.5 Å². The summed E-state index contributed by atoms with van der Waals surface area (Å²) >= 11 is 5.96. The minimum atomic E-state index is -0.697. The number of benzene rings is 3. The number of ether oxygens (including phenoxy) is 2. The molecule has 1 aliphatic rings. The van der Waals surface area contributed by atoms with E-state index in [9.17, 15) is 14.0 Å². The van der Waals surface area contributed by atoms with Crippen LogP contribution < -0.4 is 20.1 Å². The summed E-state index contributed by atoms with van der Waals surface area (Å²) in [5, 5.41) is 6.02. The number of halogens is 2. The third-order valence-electron chi connectivity index (χ3n) is 5.45. The lowest BCUT2D eigenvalue weighted by molar-refractivity contribution is 0.102. The number of Topliss-reactive ketones (excluding diaryl/α,β-unsaturated/α-hetero) is 1. The first kappa shape index (κ1) is 23.3. The lowest BCUT2D eigenvalue weighted by Crippen LogP contribution is -2.45. The molecule has 0 saturated heterocycles. The molecule has 0 spiro atoms. The second-order valence-electron chi connectivity index (χ2n) is 7.73. The van der Waals surface area contributed by atoms with E-state index in [2.05, 4.69) is 10.6 Å². The normalized spacial score (nSPS) is 15.4. The number of amides is 2. The van der Waals surface area contributed by atoms with Crippen molar-refractivity contribution in [1.29, 1.82) is 0 Å². The Morgan fingerprint density at radius 3 is 2.41 bits per heavy atom. The maximum atomic E-state index is 13.3. The van der Waals surface area contributed by atoms with Crippen molar-refractivity contribution >= 4 is 23.4 Å². The fourth-order valence-corrected chi connectivity index (χ4v) is 3.85. The molecule has 34 heavy (non-hydrogen) atoms. The van der Waals surface area contributed by atoms with Crippen LogP contribution in [0.2, 0.25) is 5.02 Å². The lowest BCUT2D eigenvalue weighted by Gasteiger charge is -2.29. The van der Waals surface area contributed by atoms with Crippen LogP contribution in [0.25, 0.3) is 0 Å². The number of urea groups is 1. The highest BCUT2D eigenvalue weighted by Gasteiger charge is 2.32. The number of carbonyl (C=O) groups is 2. The summed E-state index contributed by atoms with van der Waals surface area (Å²) < 4.78 is 24.5. The molecule has 6 nitrogen and oxygen atoms in total. The van der Waals surface area contributed by atoms with Gasteiger partial charge in [-0.25, -0.2) is 9.18 Å². The van der Waals surface area contributed by atoms with Crippen LogP contribution in [0.1, 0.15) is 34.5 Å². The number of hydrogen-bond donors (Lipinski definition) is 2. The van der Waals surface area contributed by atoms with Crippen molar-refractivity contribution in [1.82, 2.24) is 10.6 Å². The van der Waals surface area contributed by atoms with E-state index >= 15 is 0 Å². The van der Waals surface area contributed by atoms with Gasteiger partial charge in [-0.3, -0.25) is 4.79 Å². The lowest BCUT2D eigenvalue weighted by atomic mass is 9.89. The van der Waals surface area contributed by atoms with Crippen LogP contribution in [0.5, 0.6) is 11.5 Å².